The predicted molar refractivity (Wildman–Crippen MR) is 85.4 cm³/mol. The normalized spacial score (nSPS) is 17.4. The Kier molecular flexibility index (Phi) is 3.56. The summed E-state index contributed by atoms with van der Waals surface area (Å²) in [4.78, 5) is 23.3. The second-order valence-electron chi connectivity index (χ2n) is 6.51. The van der Waals surface area contributed by atoms with E-state index in [2.05, 4.69) is 5.32 Å². The zero-order valence-electron chi connectivity index (χ0n) is 12.8. The van der Waals surface area contributed by atoms with Gasteiger partial charge in [0.15, 0.2) is 6.61 Å². The van der Waals surface area contributed by atoms with Gasteiger partial charge in [-0.3, -0.25) is 4.79 Å². The van der Waals surface area contributed by atoms with Gasteiger partial charge in [-0.1, -0.05) is 0 Å². The quantitative estimate of drug-likeness (QED) is 0.832. The number of benzene rings is 1. The number of hydrogen-bond acceptors (Lipinski definition) is 4. The van der Waals surface area contributed by atoms with Crippen molar-refractivity contribution in [3.8, 4) is 5.75 Å². The Morgan fingerprint density at radius 1 is 1.17 bits per heavy atom. The van der Waals surface area contributed by atoms with Crippen molar-refractivity contribution >= 4 is 16.9 Å². The molecule has 0 spiro atoms. The molecule has 120 valence electrons. The van der Waals surface area contributed by atoms with Gasteiger partial charge in [-0.05, 0) is 55.7 Å². The molecule has 0 aliphatic heterocycles. The van der Waals surface area contributed by atoms with Crippen LogP contribution in [0.2, 0.25) is 0 Å². The molecule has 0 saturated heterocycles. The maximum absolute atomic E-state index is 12.1. The molecule has 0 radical (unpaired) electrons. The second-order valence-corrected chi connectivity index (χ2v) is 6.51. The zero-order valence-corrected chi connectivity index (χ0v) is 12.8. The molecular weight excluding hydrogens is 294 g/mol. The third kappa shape index (κ3) is 3.38. The Labute approximate surface area is 133 Å². The van der Waals surface area contributed by atoms with Crippen molar-refractivity contribution in [1.29, 1.82) is 0 Å². The minimum Gasteiger partial charge on any atom is -0.484 e. The van der Waals surface area contributed by atoms with Crippen LogP contribution in [0.15, 0.2) is 39.5 Å². The Balaban J connectivity index is 1.38. The SMILES string of the molecule is O=C(COc1ccc2ccc(=O)oc2c1)NC(C1CC1)C1CC1. The summed E-state index contributed by atoms with van der Waals surface area (Å²) < 4.78 is 10.7. The molecular formula is C18H19NO4. The Hall–Kier alpha value is -2.30. The number of amides is 1. The average Bonchev–Trinajstić information content (AvgIpc) is 3.43. The predicted octanol–water partition coefficient (Wildman–Crippen LogP) is 2.48. The number of carbonyl (C=O) groups excluding carboxylic acids is 1. The average molecular weight is 313 g/mol. The molecule has 1 heterocycles. The molecule has 2 aliphatic rings. The van der Waals surface area contributed by atoms with Crippen LogP contribution in [0.4, 0.5) is 0 Å². The highest BCUT2D eigenvalue weighted by Gasteiger charge is 2.42. The van der Waals surface area contributed by atoms with Crippen LogP contribution in [0.25, 0.3) is 11.0 Å². The van der Waals surface area contributed by atoms with Gasteiger partial charge in [-0.15, -0.1) is 0 Å². The first kappa shape index (κ1) is 14.3. The minimum atomic E-state index is -0.399. The van der Waals surface area contributed by atoms with Crippen LogP contribution >= 0.6 is 0 Å². The van der Waals surface area contributed by atoms with E-state index in [0.29, 0.717) is 29.2 Å². The van der Waals surface area contributed by atoms with E-state index >= 15 is 0 Å². The van der Waals surface area contributed by atoms with Gasteiger partial charge < -0.3 is 14.5 Å². The first-order valence-electron chi connectivity index (χ1n) is 8.15. The monoisotopic (exact) mass is 313 g/mol. The molecule has 2 fully saturated rings. The molecule has 2 aliphatic carbocycles. The number of hydrogen-bond donors (Lipinski definition) is 1. The van der Waals surface area contributed by atoms with E-state index in [1.807, 2.05) is 6.07 Å². The fraction of sp³-hybridized carbons (Fsp3) is 0.444. The lowest BCUT2D eigenvalue weighted by atomic mass is 10.1. The largest absolute Gasteiger partial charge is 0.484 e. The molecule has 2 saturated carbocycles. The van der Waals surface area contributed by atoms with Crippen molar-refractivity contribution in [3.05, 3.63) is 40.8 Å². The molecule has 1 amide bonds. The van der Waals surface area contributed by atoms with Crippen molar-refractivity contribution in [1.82, 2.24) is 5.32 Å². The maximum Gasteiger partial charge on any atom is 0.336 e. The number of fused-ring (bicyclic) bond motifs is 1. The van der Waals surface area contributed by atoms with Gasteiger partial charge in [0.25, 0.3) is 5.91 Å². The maximum atomic E-state index is 12.1. The highest BCUT2D eigenvalue weighted by atomic mass is 16.5. The molecule has 0 unspecified atom stereocenters. The van der Waals surface area contributed by atoms with E-state index in [9.17, 15) is 9.59 Å². The molecule has 5 heteroatoms. The summed E-state index contributed by atoms with van der Waals surface area (Å²) in [5, 5.41) is 3.94. The molecule has 1 aromatic heterocycles. The Morgan fingerprint density at radius 3 is 2.57 bits per heavy atom. The van der Waals surface area contributed by atoms with Crippen LogP contribution in [-0.4, -0.2) is 18.6 Å². The van der Waals surface area contributed by atoms with E-state index in [0.717, 1.165) is 5.39 Å². The smallest absolute Gasteiger partial charge is 0.336 e. The van der Waals surface area contributed by atoms with Gasteiger partial charge in [0.1, 0.15) is 11.3 Å². The Bertz CT molecular complexity index is 777. The summed E-state index contributed by atoms with van der Waals surface area (Å²) in [6.07, 6.45) is 4.91. The van der Waals surface area contributed by atoms with E-state index < -0.39 is 5.63 Å². The van der Waals surface area contributed by atoms with Crippen molar-refractivity contribution in [2.45, 2.75) is 31.7 Å². The molecule has 1 N–H and O–H groups in total. The van der Waals surface area contributed by atoms with E-state index in [4.69, 9.17) is 9.15 Å². The van der Waals surface area contributed by atoms with Crippen molar-refractivity contribution in [2.24, 2.45) is 11.8 Å². The second kappa shape index (κ2) is 5.72. The van der Waals surface area contributed by atoms with Crippen LogP contribution in [0.3, 0.4) is 0 Å². The summed E-state index contributed by atoms with van der Waals surface area (Å²) in [5.74, 6) is 1.78. The summed E-state index contributed by atoms with van der Waals surface area (Å²) >= 11 is 0. The fourth-order valence-electron chi connectivity index (χ4n) is 3.04. The van der Waals surface area contributed by atoms with Crippen LogP contribution in [0.1, 0.15) is 25.7 Å². The van der Waals surface area contributed by atoms with E-state index in [1.165, 1.54) is 31.7 Å². The van der Waals surface area contributed by atoms with Crippen LogP contribution in [0.5, 0.6) is 5.75 Å². The van der Waals surface area contributed by atoms with Gasteiger partial charge in [0, 0.05) is 23.6 Å². The third-order valence-corrected chi connectivity index (χ3v) is 4.55. The van der Waals surface area contributed by atoms with Gasteiger partial charge >= 0.3 is 5.63 Å². The first-order valence-corrected chi connectivity index (χ1v) is 8.15. The van der Waals surface area contributed by atoms with Gasteiger partial charge in [-0.25, -0.2) is 4.79 Å². The van der Waals surface area contributed by atoms with E-state index in [-0.39, 0.29) is 12.5 Å². The van der Waals surface area contributed by atoms with Crippen LogP contribution in [0, 0.1) is 11.8 Å². The lowest BCUT2D eigenvalue weighted by Gasteiger charge is -2.17. The number of rotatable bonds is 6. The summed E-state index contributed by atoms with van der Waals surface area (Å²) in [7, 11) is 0. The molecule has 0 atom stereocenters. The number of carbonyl (C=O) groups is 1. The summed E-state index contributed by atoms with van der Waals surface area (Å²) in [6.45, 7) is -0.0154. The lowest BCUT2D eigenvalue weighted by molar-refractivity contribution is -0.124. The van der Waals surface area contributed by atoms with Crippen LogP contribution < -0.4 is 15.7 Å². The van der Waals surface area contributed by atoms with Gasteiger partial charge in [-0.2, -0.15) is 0 Å². The van der Waals surface area contributed by atoms with Crippen LogP contribution in [-0.2, 0) is 4.79 Å². The minimum absolute atomic E-state index is 0.0154. The molecule has 4 rings (SSSR count). The van der Waals surface area contributed by atoms with Crippen molar-refractivity contribution in [3.63, 3.8) is 0 Å². The fourth-order valence-corrected chi connectivity index (χ4v) is 3.04. The zero-order chi connectivity index (χ0) is 15.8. The van der Waals surface area contributed by atoms with Gasteiger partial charge in [0.2, 0.25) is 0 Å². The lowest BCUT2D eigenvalue weighted by Crippen LogP contribution is -2.40. The standard InChI is InChI=1S/C18H19NO4/c20-16(19-18(12-1-2-12)13-3-4-13)10-22-14-7-5-11-6-8-17(21)23-15(11)9-14/h5-9,12-13,18H,1-4,10H2,(H,19,20). The third-order valence-electron chi connectivity index (χ3n) is 4.55. The van der Waals surface area contributed by atoms with E-state index in [1.54, 1.807) is 18.2 Å². The summed E-state index contributed by atoms with van der Waals surface area (Å²) in [5.41, 5.74) is 0.0633. The first-order chi connectivity index (χ1) is 11.2. The van der Waals surface area contributed by atoms with Crippen molar-refractivity contribution in [2.75, 3.05) is 6.61 Å². The van der Waals surface area contributed by atoms with Gasteiger partial charge in [0.05, 0.1) is 0 Å². The Morgan fingerprint density at radius 2 is 1.87 bits per heavy atom. The molecule has 23 heavy (non-hydrogen) atoms. The molecule has 0 bridgehead atoms. The number of ether oxygens (including phenoxy) is 1. The molecule has 2 aromatic rings. The van der Waals surface area contributed by atoms with Crippen molar-refractivity contribution < 1.29 is 13.9 Å². The highest BCUT2D eigenvalue weighted by molar-refractivity contribution is 5.79. The topological polar surface area (TPSA) is 68.5 Å². The molecule has 1 aromatic carbocycles. The number of nitrogens with one attached hydrogen (secondary N) is 1. The molecule has 5 nitrogen and oxygen atoms in total. The highest BCUT2D eigenvalue weighted by Crippen LogP contribution is 2.44. The summed E-state index contributed by atoms with van der Waals surface area (Å²) in [6, 6.07) is 8.64.